The Kier molecular flexibility index (Phi) is 6.56. The number of benzene rings is 1. The van der Waals surface area contributed by atoms with E-state index in [0.29, 0.717) is 26.2 Å². The quantitative estimate of drug-likeness (QED) is 0.732. The van der Waals surface area contributed by atoms with Crippen LogP contribution in [0.15, 0.2) is 29.2 Å². The predicted octanol–water partition coefficient (Wildman–Crippen LogP) is 1.20. The highest BCUT2D eigenvalue weighted by molar-refractivity contribution is 7.89. The van der Waals surface area contributed by atoms with Gasteiger partial charge in [0.25, 0.3) is 5.91 Å². The first-order valence-electron chi connectivity index (χ1n) is 8.15. The van der Waals surface area contributed by atoms with Crippen LogP contribution in [0, 0.1) is 0 Å². The molecular formula is C16H25N3O3S. The van der Waals surface area contributed by atoms with Gasteiger partial charge in [0.1, 0.15) is 0 Å². The summed E-state index contributed by atoms with van der Waals surface area (Å²) in [6.45, 7) is 4.99. The SMILES string of the molecule is CCNCCNC(=O)c1ccccc1S(=O)(=O)N1CCCCC1. The van der Waals surface area contributed by atoms with Crippen LogP contribution in [0.1, 0.15) is 36.5 Å². The zero-order valence-electron chi connectivity index (χ0n) is 13.5. The van der Waals surface area contributed by atoms with Gasteiger partial charge >= 0.3 is 0 Å². The molecule has 1 saturated heterocycles. The van der Waals surface area contributed by atoms with Gasteiger partial charge in [0.2, 0.25) is 10.0 Å². The third kappa shape index (κ3) is 4.53. The average Bonchev–Trinajstić information content (AvgIpc) is 2.59. The Morgan fingerprint density at radius 1 is 1.13 bits per heavy atom. The molecule has 128 valence electrons. The van der Waals surface area contributed by atoms with E-state index in [0.717, 1.165) is 25.8 Å². The van der Waals surface area contributed by atoms with E-state index in [2.05, 4.69) is 10.6 Å². The Hall–Kier alpha value is -1.44. The highest BCUT2D eigenvalue weighted by atomic mass is 32.2. The van der Waals surface area contributed by atoms with Crippen molar-refractivity contribution < 1.29 is 13.2 Å². The van der Waals surface area contributed by atoms with Gasteiger partial charge in [-0.25, -0.2) is 8.42 Å². The second kappa shape index (κ2) is 8.42. The second-order valence-corrected chi connectivity index (χ2v) is 7.48. The summed E-state index contributed by atoms with van der Waals surface area (Å²) in [5, 5.41) is 5.88. The molecule has 0 aliphatic carbocycles. The molecule has 1 aromatic carbocycles. The van der Waals surface area contributed by atoms with E-state index in [4.69, 9.17) is 0 Å². The first kappa shape index (κ1) is 17.9. The van der Waals surface area contributed by atoms with Crippen molar-refractivity contribution in [1.29, 1.82) is 0 Å². The van der Waals surface area contributed by atoms with E-state index in [-0.39, 0.29) is 16.4 Å². The fourth-order valence-electron chi connectivity index (χ4n) is 2.66. The van der Waals surface area contributed by atoms with Crippen molar-refractivity contribution in [3.05, 3.63) is 29.8 Å². The number of piperidine rings is 1. The molecule has 1 aliphatic rings. The number of carbonyl (C=O) groups is 1. The maximum absolute atomic E-state index is 12.8. The molecule has 1 fully saturated rings. The van der Waals surface area contributed by atoms with Crippen molar-refractivity contribution in [2.45, 2.75) is 31.1 Å². The summed E-state index contributed by atoms with van der Waals surface area (Å²) in [6.07, 6.45) is 2.80. The van der Waals surface area contributed by atoms with Crippen LogP contribution < -0.4 is 10.6 Å². The first-order valence-corrected chi connectivity index (χ1v) is 9.59. The fraction of sp³-hybridized carbons (Fsp3) is 0.562. The molecular weight excluding hydrogens is 314 g/mol. The van der Waals surface area contributed by atoms with Crippen LogP contribution in [0.4, 0.5) is 0 Å². The standard InChI is InChI=1S/C16H25N3O3S/c1-2-17-10-11-18-16(20)14-8-4-5-9-15(14)23(21,22)19-12-6-3-7-13-19/h4-5,8-9,17H,2-3,6-7,10-13H2,1H3,(H,18,20). The minimum absolute atomic E-state index is 0.0999. The van der Waals surface area contributed by atoms with Gasteiger partial charge in [-0.1, -0.05) is 25.5 Å². The van der Waals surface area contributed by atoms with Crippen LogP contribution >= 0.6 is 0 Å². The van der Waals surface area contributed by atoms with Gasteiger partial charge in [0, 0.05) is 26.2 Å². The summed E-state index contributed by atoms with van der Waals surface area (Å²) in [4.78, 5) is 12.4. The van der Waals surface area contributed by atoms with E-state index in [9.17, 15) is 13.2 Å². The average molecular weight is 339 g/mol. The molecule has 1 amide bonds. The normalized spacial score (nSPS) is 16.2. The van der Waals surface area contributed by atoms with E-state index in [1.165, 1.54) is 10.4 Å². The van der Waals surface area contributed by atoms with Gasteiger partial charge in [-0.3, -0.25) is 4.79 Å². The molecule has 1 heterocycles. The summed E-state index contributed by atoms with van der Waals surface area (Å²) in [5.74, 6) is -0.348. The van der Waals surface area contributed by atoms with Gasteiger partial charge < -0.3 is 10.6 Å². The third-order valence-electron chi connectivity index (χ3n) is 3.90. The van der Waals surface area contributed by atoms with Crippen molar-refractivity contribution in [3.63, 3.8) is 0 Å². The van der Waals surface area contributed by atoms with Gasteiger partial charge in [0.15, 0.2) is 0 Å². The number of nitrogens with zero attached hydrogens (tertiary/aromatic N) is 1. The van der Waals surface area contributed by atoms with Crippen LogP contribution in [0.25, 0.3) is 0 Å². The minimum Gasteiger partial charge on any atom is -0.351 e. The Labute approximate surface area is 138 Å². The lowest BCUT2D eigenvalue weighted by atomic mass is 10.2. The van der Waals surface area contributed by atoms with Crippen molar-refractivity contribution >= 4 is 15.9 Å². The molecule has 1 aromatic rings. The number of likely N-dealkylation sites (N-methyl/N-ethyl adjacent to an activating group) is 1. The zero-order chi connectivity index (χ0) is 16.7. The van der Waals surface area contributed by atoms with Crippen LogP contribution in [-0.4, -0.2) is 51.4 Å². The van der Waals surface area contributed by atoms with Gasteiger partial charge in [0.05, 0.1) is 10.5 Å². The topological polar surface area (TPSA) is 78.5 Å². The largest absolute Gasteiger partial charge is 0.351 e. The van der Waals surface area contributed by atoms with Crippen LogP contribution in [0.5, 0.6) is 0 Å². The number of carbonyl (C=O) groups excluding carboxylic acids is 1. The Balaban J connectivity index is 2.17. The number of nitrogens with one attached hydrogen (secondary N) is 2. The monoisotopic (exact) mass is 339 g/mol. The van der Waals surface area contributed by atoms with Gasteiger partial charge in [-0.05, 0) is 31.5 Å². The minimum atomic E-state index is -3.62. The number of hydrogen-bond acceptors (Lipinski definition) is 4. The second-order valence-electron chi connectivity index (χ2n) is 5.57. The Morgan fingerprint density at radius 2 is 1.83 bits per heavy atom. The highest BCUT2D eigenvalue weighted by Crippen LogP contribution is 2.23. The summed E-state index contributed by atoms with van der Waals surface area (Å²) in [6, 6.07) is 6.43. The lowest BCUT2D eigenvalue weighted by Crippen LogP contribution is -2.37. The van der Waals surface area contributed by atoms with E-state index in [1.807, 2.05) is 6.92 Å². The number of rotatable bonds is 7. The lowest BCUT2D eigenvalue weighted by molar-refractivity contribution is 0.0950. The lowest BCUT2D eigenvalue weighted by Gasteiger charge is -2.26. The number of sulfonamides is 1. The molecule has 7 heteroatoms. The molecule has 0 radical (unpaired) electrons. The number of hydrogen-bond donors (Lipinski definition) is 2. The molecule has 1 aliphatic heterocycles. The molecule has 6 nitrogen and oxygen atoms in total. The van der Waals surface area contributed by atoms with E-state index >= 15 is 0 Å². The Morgan fingerprint density at radius 3 is 2.52 bits per heavy atom. The summed E-state index contributed by atoms with van der Waals surface area (Å²) in [7, 11) is -3.62. The molecule has 23 heavy (non-hydrogen) atoms. The smallest absolute Gasteiger partial charge is 0.252 e. The maximum Gasteiger partial charge on any atom is 0.252 e. The highest BCUT2D eigenvalue weighted by Gasteiger charge is 2.29. The van der Waals surface area contributed by atoms with Crippen molar-refractivity contribution in [3.8, 4) is 0 Å². The van der Waals surface area contributed by atoms with E-state index in [1.54, 1.807) is 18.2 Å². The van der Waals surface area contributed by atoms with Crippen molar-refractivity contribution in [1.82, 2.24) is 14.9 Å². The molecule has 0 bridgehead atoms. The molecule has 0 unspecified atom stereocenters. The maximum atomic E-state index is 12.8. The summed E-state index contributed by atoms with van der Waals surface area (Å²) < 4.78 is 27.1. The zero-order valence-corrected chi connectivity index (χ0v) is 14.4. The molecule has 0 saturated carbocycles. The molecule has 0 aromatic heterocycles. The number of amides is 1. The van der Waals surface area contributed by atoms with E-state index < -0.39 is 10.0 Å². The summed E-state index contributed by atoms with van der Waals surface area (Å²) in [5.41, 5.74) is 0.217. The first-order chi connectivity index (χ1) is 11.1. The van der Waals surface area contributed by atoms with Crippen molar-refractivity contribution in [2.75, 3.05) is 32.7 Å². The third-order valence-corrected chi connectivity index (χ3v) is 5.86. The summed E-state index contributed by atoms with van der Waals surface area (Å²) >= 11 is 0. The Bertz CT molecular complexity index is 625. The molecule has 0 spiro atoms. The molecule has 0 atom stereocenters. The van der Waals surface area contributed by atoms with Gasteiger partial charge in [-0.15, -0.1) is 0 Å². The molecule has 2 rings (SSSR count). The predicted molar refractivity (Wildman–Crippen MR) is 89.9 cm³/mol. The van der Waals surface area contributed by atoms with Crippen LogP contribution in [0.2, 0.25) is 0 Å². The van der Waals surface area contributed by atoms with Crippen LogP contribution in [0.3, 0.4) is 0 Å². The van der Waals surface area contributed by atoms with Crippen LogP contribution in [-0.2, 0) is 10.0 Å². The van der Waals surface area contributed by atoms with Crippen molar-refractivity contribution in [2.24, 2.45) is 0 Å². The fourth-order valence-corrected chi connectivity index (χ4v) is 4.37. The molecule has 2 N–H and O–H groups in total. The van der Waals surface area contributed by atoms with Gasteiger partial charge in [-0.2, -0.15) is 4.31 Å².